The maximum atomic E-state index is 12.6. The first-order valence-electron chi connectivity index (χ1n) is 8.66. The monoisotopic (exact) mass is 437 g/mol. The van der Waals surface area contributed by atoms with E-state index in [2.05, 4.69) is 14.9 Å². The minimum Gasteiger partial charge on any atom is -0.495 e. The van der Waals surface area contributed by atoms with Gasteiger partial charge in [-0.25, -0.2) is 22.5 Å². The average Bonchev–Trinajstić information content (AvgIpc) is 3.01. The highest BCUT2D eigenvalue weighted by Gasteiger charge is 2.19. The number of hydrogen-bond donors (Lipinski definition) is 1. The molecule has 9 nitrogen and oxygen atoms in total. The Hall–Kier alpha value is -2.69. The van der Waals surface area contributed by atoms with Crippen LogP contribution in [-0.4, -0.2) is 41.6 Å². The van der Waals surface area contributed by atoms with Crippen LogP contribution < -0.4 is 15.0 Å². The van der Waals surface area contributed by atoms with Crippen LogP contribution in [0.15, 0.2) is 46.1 Å². The predicted octanol–water partition coefficient (Wildman–Crippen LogP) is 1.69. The van der Waals surface area contributed by atoms with Crippen LogP contribution in [0.1, 0.15) is 11.4 Å². The maximum Gasteiger partial charge on any atom is 0.266 e. The number of benzene rings is 1. The maximum absolute atomic E-state index is 12.6. The lowest BCUT2D eigenvalue weighted by molar-refractivity contribution is 0.402. The van der Waals surface area contributed by atoms with Crippen molar-refractivity contribution in [1.29, 1.82) is 0 Å². The van der Waals surface area contributed by atoms with Gasteiger partial charge in [0.05, 0.1) is 19.3 Å². The second-order valence-electron chi connectivity index (χ2n) is 6.28. The van der Waals surface area contributed by atoms with Gasteiger partial charge in [0.2, 0.25) is 10.0 Å². The molecule has 0 saturated heterocycles. The van der Waals surface area contributed by atoms with Gasteiger partial charge in [-0.1, -0.05) is 11.6 Å². The second kappa shape index (κ2) is 8.36. The van der Waals surface area contributed by atoms with Crippen LogP contribution in [0.2, 0.25) is 5.02 Å². The van der Waals surface area contributed by atoms with Crippen LogP contribution in [0.25, 0.3) is 5.82 Å². The third-order valence-electron chi connectivity index (χ3n) is 4.11. The first kappa shape index (κ1) is 21.0. The lowest BCUT2D eigenvalue weighted by Gasteiger charge is -2.12. The Morgan fingerprint density at radius 3 is 2.55 bits per heavy atom. The molecule has 3 rings (SSSR count). The van der Waals surface area contributed by atoms with E-state index in [4.69, 9.17) is 16.3 Å². The largest absolute Gasteiger partial charge is 0.495 e. The van der Waals surface area contributed by atoms with Crippen LogP contribution in [-0.2, 0) is 16.6 Å². The molecule has 154 valence electrons. The van der Waals surface area contributed by atoms with Crippen molar-refractivity contribution in [3.05, 3.63) is 63.2 Å². The Labute approximate surface area is 172 Å². The highest BCUT2D eigenvalue weighted by atomic mass is 35.5. The van der Waals surface area contributed by atoms with Crippen LogP contribution >= 0.6 is 11.6 Å². The Morgan fingerprint density at radius 2 is 1.90 bits per heavy atom. The third kappa shape index (κ3) is 4.66. The molecule has 0 aliphatic rings. The molecule has 2 aromatic heterocycles. The Bertz CT molecular complexity index is 1200. The number of aromatic nitrogens is 4. The molecule has 1 N–H and O–H groups in total. The van der Waals surface area contributed by atoms with Gasteiger partial charge in [-0.2, -0.15) is 5.10 Å². The fraction of sp³-hybridized carbons (Fsp3) is 0.278. The summed E-state index contributed by atoms with van der Waals surface area (Å²) in [4.78, 5) is 12.0. The lowest BCUT2D eigenvalue weighted by Crippen LogP contribution is -2.32. The molecule has 0 bridgehead atoms. The van der Waals surface area contributed by atoms with E-state index in [0.29, 0.717) is 5.82 Å². The molecule has 0 spiro atoms. The zero-order valence-electron chi connectivity index (χ0n) is 16.1. The van der Waals surface area contributed by atoms with Crippen LogP contribution in [0.5, 0.6) is 5.75 Å². The number of sulfonamides is 1. The topological polar surface area (TPSA) is 108 Å². The summed E-state index contributed by atoms with van der Waals surface area (Å²) in [6, 6.07) is 9.14. The first-order chi connectivity index (χ1) is 13.7. The SMILES string of the molecule is COc1ccc(Cl)cc1S(=O)(=O)NCCn1nc(-n2nc(C)cc2C)ccc1=O. The number of hydrogen-bond acceptors (Lipinski definition) is 6. The number of nitrogens with one attached hydrogen (secondary N) is 1. The summed E-state index contributed by atoms with van der Waals surface area (Å²) in [5, 5.41) is 8.88. The van der Waals surface area contributed by atoms with Crippen molar-refractivity contribution in [3.8, 4) is 11.6 Å². The summed E-state index contributed by atoms with van der Waals surface area (Å²) in [7, 11) is -2.52. The van der Waals surface area contributed by atoms with Gasteiger partial charge < -0.3 is 4.74 Å². The Balaban J connectivity index is 1.78. The van der Waals surface area contributed by atoms with Gasteiger partial charge in [0, 0.05) is 23.3 Å². The standard InChI is InChI=1S/C18H20ClN5O4S/c1-12-10-13(2)24(21-12)17-6-7-18(25)23(22-17)9-8-20-29(26,27)16-11-14(19)4-5-15(16)28-3/h4-7,10-11,20H,8-9H2,1-3H3. The van der Waals surface area contributed by atoms with Crippen molar-refractivity contribution in [3.63, 3.8) is 0 Å². The van der Waals surface area contributed by atoms with E-state index in [-0.39, 0.29) is 34.3 Å². The van der Waals surface area contributed by atoms with E-state index >= 15 is 0 Å². The number of rotatable bonds is 7. The van der Waals surface area contributed by atoms with Gasteiger partial charge in [-0.05, 0) is 44.2 Å². The Morgan fingerprint density at radius 1 is 1.14 bits per heavy atom. The minimum absolute atomic E-state index is 0.0358. The predicted molar refractivity (Wildman–Crippen MR) is 108 cm³/mol. The molecular weight excluding hydrogens is 418 g/mol. The number of methoxy groups -OCH3 is 1. The molecule has 0 saturated carbocycles. The van der Waals surface area contributed by atoms with Gasteiger partial charge in [-0.15, -0.1) is 5.10 Å². The highest BCUT2D eigenvalue weighted by Crippen LogP contribution is 2.26. The number of aryl methyl sites for hydroxylation is 2. The van der Waals surface area contributed by atoms with E-state index in [9.17, 15) is 13.2 Å². The molecule has 0 aliphatic heterocycles. The molecule has 0 radical (unpaired) electrons. The van der Waals surface area contributed by atoms with Crippen molar-refractivity contribution in [1.82, 2.24) is 24.3 Å². The summed E-state index contributed by atoms with van der Waals surface area (Å²) < 4.78 is 35.5. The zero-order valence-corrected chi connectivity index (χ0v) is 17.7. The molecule has 1 aromatic carbocycles. The van der Waals surface area contributed by atoms with Crippen molar-refractivity contribution < 1.29 is 13.2 Å². The van der Waals surface area contributed by atoms with Gasteiger partial charge >= 0.3 is 0 Å². The van der Waals surface area contributed by atoms with Gasteiger partial charge in [0.1, 0.15) is 10.6 Å². The van der Waals surface area contributed by atoms with Crippen molar-refractivity contribution in [2.24, 2.45) is 0 Å². The van der Waals surface area contributed by atoms with Crippen molar-refractivity contribution in [2.45, 2.75) is 25.3 Å². The van der Waals surface area contributed by atoms with Gasteiger partial charge in [-0.3, -0.25) is 4.79 Å². The molecule has 2 heterocycles. The summed E-state index contributed by atoms with van der Waals surface area (Å²) in [5.74, 6) is 0.637. The van der Waals surface area contributed by atoms with Crippen molar-refractivity contribution >= 4 is 21.6 Å². The Kier molecular flexibility index (Phi) is 6.06. The van der Waals surface area contributed by atoms with E-state index in [1.807, 2.05) is 19.9 Å². The van der Waals surface area contributed by atoms with E-state index in [1.54, 1.807) is 10.7 Å². The average molecular weight is 438 g/mol. The van der Waals surface area contributed by atoms with Crippen molar-refractivity contribution in [2.75, 3.05) is 13.7 Å². The van der Waals surface area contributed by atoms with E-state index < -0.39 is 10.0 Å². The number of nitrogens with zero attached hydrogens (tertiary/aromatic N) is 4. The molecule has 0 aliphatic carbocycles. The van der Waals surface area contributed by atoms with Gasteiger partial charge in [0.15, 0.2) is 5.82 Å². The first-order valence-corrected chi connectivity index (χ1v) is 10.5. The van der Waals surface area contributed by atoms with Crippen LogP contribution in [0.4, 0.5) is 0 Å². The second-order valence-corrected chi connectivity index (χ2v) is 8.46. The van der Waals surface area contributed by atoms with Gasteiger partial charge in [0.25, 0.3) is 5.56 Å². The third-order valence-corrected chi connectivity index (χ3v) is 5.83. The lowest BCUT2D eigenvalue weighted by atomic mass is 10.3. The molecule has 0 atom stereocenters. The number of halogens is 1. The quantitative estimate of drug-likeness (QED) is 0.602. The smallest absolute Gasteiger partial charge is 0.266 e. The molecule has 29 heavy (non-hydrogen) atoms. The summed E-state index contributed by atoms with van der Waals surface area (Å²) in [6.07, 6.45) is 0. The molecule has 11 heteroatoms. The molecule has 0 fully saturated rings. The molecular formula is C18H20ClN5O4S. The molecule has 3 aromatic rings. The minimum atomic E-state index is -3.89. The summed E-state index contributed by atoms with van der Waals surface area (Å²) >= 11 is 5.91. The van der Waals surface area contributed by atoms with Crippen LogP contribution in [0, 0.1) is 13.8 Å². The summed E-state index contributed by atoms with van der Waals surface area (Å²) in [6.45, 7) is 3.72. The summed E-state index contributed by atoms with van der Waals surface area (Å²) in [5.41, 5.74) is 1.34. The molecule has 0 unspecified atom stereocenters. The van der Waals surface area contributed by atoms with Crippen LogP contribution in [0.3, 0.4) is 0 Å². The highest BCUT2D eigenvalue weighted by molar-refractivity contribution is 7.89. The normalized spacial score (nSPS) is 11.6. The van der Waals surface area contributed by atoms with E-state index in [0.717, 1.165) is 11.4 Å². The van der Waals surface area contributed by atoms with E-state index in [1.165, 1.54) is 36.1 Å². The fourth-order valence-corrected chi connectivity index (χ4v) is 4.25. The fourth-order valence-electron chi connectivity index (χ4n) is 2.80. The zero-order chi connectivity index (χ0) is 21.2. The number of ether oxygens (including phenoxy) is 1. The molecule has 0 amide bonds.